The molecule has 2 radical (unpaired) electrons. The number of anilines is 1. The fourth-order valence-electron chi connectivity index (χ4n) is 3.72. The summed E-state index contributed by atoms with van der Waals surface area (Å²) in [4.78, 5) is 1.54. The average molecular weight is 379 g/mol. The van der Waals surface area contributed by atoms with E-state index >= 15 is 0 Å². The smallest absolute Gasteiger partial charge is 0.233 e. The van der Waals surface area contributed by atoms with Crippen LogP contribution in [0, 0.1) is 35.8 Å². The van der Waals surface area contributed by atoms with Gasteiger partial charge in [-0.3, -0.25) is 0 Å². The van der Waals surface area contributed by atoms with Gasteiger partial charge in [0.15, 0.2) is 29.1 Å². The fourth-order valence-corrected chi connectivity index (χ4v) is 3.72. The number of fused-ring (bicyclic) bond motifs is 5. The number of rotatable bonds is 1. The monoisotopic (exact) mass is 379 g/mol. The molecular formula is C18H10F5N3O. The van der Waals surface area contributed by atoms with Crippen LogP contribution in [0.5, 0.6) is 0 Å². The van der Waals surface area contributed by atoms with E-state index in [1.807, 2.05) is 24.3 Å². The van der Waals surface area contributed by atoms with Gasteiger partial charge in [-0.15, -0.1) is 0 Å². The Morgan fingerprint density at radius 2 is 1.63 bits per heavy atom. The van der Waals surface area contributed by atoms with Gasteiger partial charge >= 0.3 is 0 Å². The minimum atomic E-state index is -2.22. The molecule has 2 aliphatic heterocycles. The normalized spacial score (nSPS) is 23.2. The second kappa shape index (κ2) is 5.66. The van der Waals surface area contributed by atoms with Gasteiger partial charge in [-0.2, -0.15) is 5.10 Å². The predicted octanol–water partition coefficient (Wildman–Crippen LogP) is 3.51. The van der Waals surface area contributed by atoms with Crippen LogP contribution in [0.4, 0.5) is 27.6 Å². The van der Waals surface area contributed by atoms with Crippen LogP contribution < -0.4 is 5.01 Å². The third kappa shape index (κ3) is 2.21. The average Bonchev–Trinajstić information content (AvgIpc) is 3.25. The number of hydrazone groups is 1. The van der Waals surface area contributed by atoms with E-state index in [1.54, 1.807) is 0 Å². The molecule has 1 fully saturated rings. The van der Waals surface area contributed by atoms with Gasteiger partial charge in [0, 0.05) is 6.42 Å². The highest BCUT2D eigenvalue weighted by molar-refractivity contribution is 5.89. The van der Waals surface area contributed by atoms with Gasteiger partial charge in [0.05, 0.1) is 12.1 Å². The first-order chi connectivity index (χ1) is 13.0. The Kier molecular flexibility index (Phi) is 3.45. The summed E-state index contributed by atoms with van der Waals surface area (Å²) in [6.07, 6.45) is 0.430. The molecule has 2 aromatic rings. The van der Waals surface area contributed by atoms with Gasteiger partial charge in [0.2, 0.25) is 12.5 Å². The first kappa shape index (κ1) is 16.5. The molecular weight excluding hydrogens is 369 g/mol. The predicted molar refractivity (Wildman–Crippen MR) is 83.9 cm³/mol. The molecule has 3 aliphatic rings. The van der Waals surface area contributed by atoms with Gasteiger partial charge in [-0.05, 0) is 11.1 Å². The van der Waals surface area contributed by atoms with E-state index in [-0.39, 0.29) is 24.6 Å². The maximum Gasteiger partial charge on any atom is 0.233 e. The Balaban J connectivity index is 1.55. The highest BCUT2D eigenvalue weighted by Gasteiger charge is 2.47. The van der Waals surface area contributed by atoms with E-state index in [9.17, 15) is 22.0 Å². The molecule has 0 amide bonds. The van der Waals surface area contributed by atoms with Crippen LogP contribution >= 0.6 is 0 Å². The van der Waals surface area contributed by atoms with E-state index < -0.39 is 34.8 Å². The highest BCUT2D eigenvalue weighted by atomic mass is 19.2. The van der Waals surface area contributed by atoms with Gasteiger partial charge in [-0.1, -0.05) is 24.3 Å². The van der Waals surface area contributed by atoms with Gasteiger partial charge in [0.1, 0.15) is 12.3 Å². The van der Waals surface area contributed by atoms with Crippen molar-refractivity contribution in [2.45, 2.75) is 18.6 Å². The Hall–Kier alpha value is -2.68. The highest BCUT2D eigenvalue weighted by Crippen LogP contribution is 2.44. The molecule has 0 unspecified atom stereocenters. The zero-order valence-electron chi connectivity index (χ0n) is 13.5. The van der Waals surface area contributed by atoms with Crippen LogP contribution in [0.1, 0.15) is 17.2 Å². The van der Waals surface area contributed by atoms with E-state index in [4.69, 9.17) is 4.74 Å². The lowest BCUT2D eigenvalue weighted by Crippen LogP contribution is -2.44. The summed E-state index contributed by atoms with van der Waals surface area (Å²) >= 11 is 0. The van der Waals surface area contributed by atoms with Crippen LogP contribution in [-0.4, -0.2) is 23.4 Å². The van der Waals surface area contributed by atoms with Crippen molar-refractivity contribution in [3.05, 3.63) is 71.1 Å². The molecule has 1 saturated heterocycles. The van der Waals surface area contributed by atoms with Crippen LogP contribution in [0.25, 0.3) is 0 Å². The Labute approximate surface area is 150 Å². The molecule has 2 atom stereocenters. The summed E-state index contributed by atoms with van der Waals surface area (Å²) in [5, 5.41) is 4.51. The standard InChI is InChI=1S/C18H10F5N3O/c19-12-13(20)15(22)18(16(23)14(12)21)26-7-25-11(24-26)6-27-10-5-8-3-1-2-4-9(8)17(10)25/h1-4,10,17H,5-6H2/t10-,17+/m1/s1. The Morgan fingerprint density at radius 1 is 0.963 bits per heavy atom. The van der Waals surface area contributed by atoms with Crippen molar-refractivity contribution in [3.63, 3.8) is 0 Å². The molecule has 5 rings (SSSR count). The topological polar surface area (TPSA) is 28.1 Å². The van der Waals surface area contributed by atoms with Crippen molar-refractivity contribution in [3.8, 4) is 0 Å². The quantitative estimate of drug-likeness (QED) is 0.431. The maximum absolute atomic E-state index is 14.1. The number of amidine groups is 1. The lowest BCUT2D eigenvalue weighted by molar-refractivity contribution is 0.0119. The molecule has 138 valence electrons. The van der Waals surface area contributed by atoms with Crippen molar-refractivity contribution in [2.24, 2.45) is 5.10 Å². The van der Waals surface area contributed by atoms with Crippen molar-refractivity contribution < 1.29 is 26.7 Å². The summed E-state index contributed by atoms with van der Waals surface area (Å²) in [5.74, 6) is -9.93. The number of nitrogens with zero attached hydrogens (tertiary/aromatic N) is 3. The van der Waals surface area contributed by atoms with E-state index in [2.05, 4.69) is 11.8 Å². The molecule has 0 saturated carbocycles. The summed E-state index contributed by atoms with van der Waals surface area (Å²) < 4.78 is 74.4. The van der Waals surface area contributed by atoms with Crippen molar-refractivity contribution >= 4 is 11.5 Å². The number of benzene rings is 2. The fraction of sp³-hybridized carbons (Fsp3) is 0.222. The van der Waals surface area contributed by atoms with E-state index in [1.165, 1.54) is 4.90 Å². The third-order valence-electron chi connectivity index (χ3n) is 4.95. The first-order valence-electron chi connectivity index (χ1n) is 8.11. The second-order valence-electron chi connectivity index (χ2n) is 6.41. The minimum Gasteiger partial charge on any atom is -0.367 e. The zero-order chi connectivity index (χ0) is 18.9. The van der Waals surface area contributed by atoms with Crippen LogP contribution in [0.15, 0.2) is 29.4 Å². The molecule has 1 aliphatic carbocycles. The molecule has 0 aromatic heterocycles. The molecule has 0 N–H and O–H groups in total. The molecule has 2 aromatic carbocycles. The van der Waals surface area contributed by atoms with Gasteiger partial charge in [0.25, 0.3) is 0 Å². The number of hydrogen-bond acceptors (Lipinski definition) is 4. The summed E-state index contributed by atoms with van der Waals surface area (Å²) in [7, 11) is 0. The van der Waals surface area contributed by atoms with E-state index in [0.29, 0.717) is 11.4 Å². The molecule has 9 heteroatoms. The minimum absolute atomic E-state index is 0.0358. The van der Waals surface area contributed by atoms with Crippen LogP contribution in [-0.2, 0) is 11.2 Å². The molecule has 4 nitrogen and oxygen atoms in total. The molecule has 2 heterocycles. The van der Waals surface area contributed by atoms with Gasteiger partial charge in [-0.25, -0.2) is 27.0 Å². The van der Waals surface area contributed by atoms with Crippen molar-refractivity contribution in [1.29, 1.82) is 0 Å². The lowest BCUT2D eigenvalue weighted by Gasteiger charge is -2.35. The van der Waals surface area contributed by atoms with E-state index in [0.717, 1.165) is 11.1 Å². The van der Waals surface area contributed by atoms with Crippen LogP contribution in [0.2, 0.25) is 0 Å². The third-order valence-corrected chi connectivity index (χ3v) is 4.95. The largest absolute Gasteiger partial charge is 0.367 e. The SMILES string of the molecule is Fc1c(F)c(F)c(N2[C]N3C(=N2)CO[C@@H]2Cc4ccccc4[C@@H]23)c(F)c1F. The Morgan fingerprint density at radius 3 is 2.37 bits per heavy atom. The molecule has 0 bridgehead atoms. The first-order valence-corrected chi connectivity index (χ1v) is 8.11. The number of hydrogen-bond donors (Lipinski definition) is 0. The molecule has 0 spiro atoms. The Bertz CT molecular complexity index is 966. The zero-order valence-corrected chi connectivity index (χ0v) is 13.5. The summed E-state index contributed by atoms with van der Waals surface area (Å²) in [6.45, 7) is 2.66. The van der Waals surface area contributed by atoms with Crippen molar-refractivity contribution in [1.82, 2.24) is 4.90 Å². The van der Waals surface area contributed by atoms with Crippen molar-refractivity contribution in [2.75, 3.05) is 11.6 Å². The second-order valence-corrected chi connectivity index (χ2v) is 6.41. The summed E-state index contributed by atoms with van der Waals surface area (Å²) in [5.41, 5.74) is 0.836. The summed E-state index contributed by atoms with van der Waals surface area (Å²) in [6, 6.07) is 7.26. The van der Waals surface area contributed by atoms with Crippen LogP contribution in [0.3, 0.4) is 0 Å². The lowest BCUT2D eigenvalue weighted by atomic mass is 10.1. The number of ether oxygens (including phenoxy) is 1. The van der Waals surface area contributed by atoms with Gasteiger partial charge < -0.3 is 9.64 Å². The number of morpholine rings is 1. The molecule has 27 heavy (non-hydrogen) atoms. The number of halogens is 5. The maximum atomic E-state index is 14.1.